The predicted molar refractivity (Wildman–Crippen MR) is 273 cm³/mol. The minimum absolute atomic E-state index is 0.00493. The molecule has 4 nitrogen and oxygen atoms in total. The van der Waals surface area contributed by atoms with Gasteiger partial charge in [-0.05, 0) is 97.4 Å². The molecule has 65 heavy (non-hydrogen) atoms. The number of hydrogen-bond donors (Lipinski definition) is 2. The number of aromatic hydroxyl groups is 2. The molecule has 0 bridgehead atoms. The number of aliphatic imine (C=N–C) groups is 1. The molecule has 0 aliphatic heterocycles. The van der Waals surface area contributed by atoms with Crippen molar-refractivity contribution in [3.8, 4) is 56.0 Å². The Hall–Kier alpha value is -7.53. The Morgan fingerprint density at radius 3 is 1.48 bits per heavy atom. The summed E-state index contributed by atoms with van der Waals surface area (Å²) in [6, 6.07) is 67.9. The van der Waals surface area contributed by atoms with Crippen molar-refractivity contribution in [3.05, 3.63) is 205 Å². The molecular formula is C61H50N2O2. The predicted octanol–water partition coefficient (Wildman–Crippen LogP) is 15.2. The van der Waals surface area contributed by atoms with Crippen LogP contribution in [0, 0.1) is 0 Å². The lowest BCUT2D eigenvalue weighted by molar-refractivity contribution is 0.162. The number of nitrogens with zero attached hydrogens (tertiary/aromatic N) is 2. The second-order valence-electron chi connectivity index (χ2n) is 17.7. The normalized spacial score (nSPS) is 15.5. The van der Waals surface area contributed by atoms with E-state index in [0.717, 1.165) is 119 Å². The SMILES string of the molecule is CN(Cc1cc2ccccc2c(-c2c(-c3ccccc3)ccc3ccccc23)c1O)[C@@H]1CCCC[C@H]1N=Cc1cc2ccccc2c(-c2c(-c3ccccc3)ccc3ccccc23)c1O. The molecule has 11 rings (SSSR count). The molecule has 0 radical (unpaired) electrons. The summed E-state index contributed by atoms with van der Waals surface area (Å²) in [5, 5.41) is 33.8. The van der Waals surface area contributed by atoms with Gasteiger partial charge in [-0.1, -0.05) is 195 Å². The first kappa shape index (κ1) is 40.3. The molecule has 1 aliphatic carbocycles. The standard InChI is InChI=1S/C61H50N2O2/c1-63(39-47-37-45-25-11-15-29-51(45)59(61(47)65)57-49-27-13-9-23-43(49)33-35-53(57)41-20-6-3-7-21-41)55-31-17-16-30-54(55)62-38-46-36-44-24-10-14-28-50(44)58(60(46)64)56-48-26-12-8-22-42(48)32-34-52(56)40-18-4-2-5-19-40/h2-15,18-29,32-38,54-55,64-65H,16-17,30-31,39H2,1H3/t54-,55-/m1/s1. The molecule has 0 spiro atoms. The van der Waals surface area contributed by atoms with E-state index in [1.807, 2.05) is 18.3 Å². The highest BCUT2D eigenvalue weighted by Gasteiger charge is 2.30. The molecule has 0 aromatic heterocycles. The van der Waals surface area contributed by atoms with Gasteiger partial charge in [0.25, 0.3) is 0 Å². The van der Waals surface area contributed by atoms with E-state index in [1.165, 1.54) is 0 Å². The molecule has 0 amide bonds. The van der Waals surface area contributed by atoms with Gasteiger partial charge in [0.05, 0.1) is 6.04 Å². The van der Waals surface area contributed by atoms with Crippen LogP contribution in [0.5, 0.6) is 11.5 Å². The van der Waals surface area contributed by atoms with Crippen molar-refractivity contribution in [2.75, 3.05) is 7.05 Å². The van der Waals surface area contributed by atoms with E-state index < -0.39 is 0 Å². The molecule has 2 N–H and O–H groups in total. The second-order valence-corrected chi connectivity index (χ2v) is 17.7. The molecule has 1 fully saturated rings. The summed E-state index contributed by atoms with van der Waals surface area (Å²) in [7, 11) is 2.18. The number of phenols is 2. The molecule has 1 aliphatic rings. The van der Waals surface area contributed by atoms with Crippen LogP contribution in [0.15, 0.2) is 199 Å². The lowest BCUT2D eigenvalue weighted by Gasteiger charge is -2.36. The van der Waals surface area contributed by atoms with Crippen LogP contribution in [-0.4, -0.2) is 40.5 Å². The molecule has 4 heteroatoms. The van der Waals surface area contributed by atoms with E-state index >= 15 is 0 Å². The number of likely N-dealkylation sites (N-methyl/N-ethyl adjacent to an activating group) is 1. The smallest absolute Gasteiger partial charge is 0.132 e. The van der Waals surface area contributed by atoms with Crippen molar-refractivity contribution >= 4 is 49.3 Å². The maximum atomic E-state index is 12.6. The summed E-state index contributed by atoms with van der Waals surface area (Å²) in [5.74, 6) is 0.551. The zero-order chi connectivity index (χ0) is 43.9. The fraction of sp³-hybridized carbons (Fsp3) is 0.131. The summed E-state index contributed by atoms with van der Waals surface area (Å²) in [6.07, 6.45) is 6.06. The first-order chi connectivity index (χ1) is 32.0. The minimum atomic E-state index is 0.00493. The third kappa shape index (κ3) is 7.40. The van der Waals surface area contributed by atoms with Crippen molar-refractivity contribution in [2.24, 2.45) is 4.99 Å². The zero-order valence-corrected chi connectivity index (χ0v) is 36.5. The van der Waals surface area contributed by atoms with E-state index in [4.69, 9.17) is 4.99 Å². The fourth-order valence-corrected chi connectivity index (χ4v) is 10.6. The van der Waals surface area contributed by atoms with Gasteiger partial charge in [-0.3, -0.25) is 9.89 Å². The summed E-state index contributed by atoms with van der Waals surface area (Å²) in [4.78, 5) is 7.76. The highest BCUT2D eigenvalue weighted by molar-refractivity contribution is 6.15. The fourth-order valence-electron chi connectivity index (χ4n) is 10.6. The lowest BCUT2D eigenvalue weighted by atomic mass is 9.85. The second kappa shape index (κ2) is 17.2. The van der Waals surface area contributed by atoms with Crippen LogP contribution < -0.4 is 0 Å². The Balaban J connectivity index is 0.986. The molecule has 10 aromatic carbocycles. The van der Waals surface area contributed by atoms with E-state index in [9.17, 15) is 10.2 Å². The average molecular weight is 843 g/mol. The number of fused-ring (bicyclic) bond motifs is 4. The highest BCUT2D eigenvalue weighted by Crippen LogP contribution is 2.49. The van der Waals surface area contributed by atoms with Crippen molar-refractivity contribution in [1.29, 1.82) is 0 Å². The number of benzene rings is 10. The van der Waals surface area contributed by atoms with E-state index in [0.29, 0.717) is 17.9 Å². The summed E-state index contributed by atoms with van der Waals surface area (Å²) < 4.78 is 0. The lowest BCUT2D eigenvalue weighted by Crippen LogP contribution is -2.42. The van der Waals surface area contributed by atoms with Crippen LogP contribution in [-0.2, 0) is 6.54 Å². The minimum Gasteiger partial charge on any atom is -0.507 e. The summed E-state index contributed by atoms with van der Waals surface area (Å²) in [6.45, 7) is 0.556. The van der Waals surface area contributed by atoms with Gasteiger partial charge in [-0.2, -0.15) is 0 Å². The Labute approximate surface area is 380 Å². The van der Waals surface area contributed by atoms with Crippen LogP contribution in [0.2, 0.25) is 0 Å². The van der Waals surface area contributed by atoms with Crippen molar-refractivity contribution in [2.45, 2.75) is 44.3 Å². The van der Waals surface area contributed by atoms with Crippen LogP contribution in [0.25, 0.3) is 87.6 Å². The van der Waals surface area contributed by atoms with E-state index in [1.54, 1.807) is 0 Å². The monoisotopic (exact) mass is 842 g/mol. The third-order valence-corrected chi connectivity index (χ3v) is 13.8. The molecule has 316 valence electrons. The van der Waals surface area contributed by atoms with Crippen LogP contribution in [0.1, 0.15) is 36.8 Å². The summed E-state index contributed by atoms with van der Waals surface area (Å²) in [5.41, 5.74) is 9.72. The highest BCUT2D eigenvalue weighted by atomic mass is 16.3. The maximum Gasteiger partial charge on any atom is 0.132 e. The molecule has 2 atom stereocenters. The van der Waals surface area contributed by atoms with Gasteiger partial charge in [-0.25, -0.2) is 0 Å². The van der Waals surface area contributed by atoms with Crippen LogP contribution in [0.4, 0.5) is 0 Å². The maximum absolute atomic E-state index is 12.6. The number of rotatable bonds is 9. The quantitative estimate of drug-likeness (QED) is 0.142. The van der Waals surface area contributed by atoms with Gasteiger partial charge in [0.1, 0.15) is 11.5 Å². The Morgan fingerprint density at radius 2 is 0.923 bits per heavy atom. The molecule has 0 saturated heterocycles. The van der Waals surface area contributed by atoms with Gasteiger partial charge in [0.2, 0.25) is 0 Å². The molecule has 0 unspecified atom stereocenters. The van der Waals surface area contributed by atoms with Gasteiger partial charge in [0.15, 0.2) is 0 Å². The largest absolute Gasteiger partial charge is 0.507 e. The van der Waals surface area contributed by atoms with Crippen molar-refractivity contribution < 1.29 is 10.2 Å². The molecular weight excluding hydrogens is 793 g/mol. The van der Waals surface area contributed by atoms with Gasteiger partial charge in [0, 0.05) is 52.2 Å². The van der Waals surface area contributed by atoms with Crippen molar-refractivity contribution in [1.82, 2.24) is 4.90 Å². The Kier molecular flexibility index (Phi) is 10.7. The Morgan fingerprint density at radius 1 is 0.477 bits per heavy atom. The van der Waals surface area contributed by atoms with Crippen LogP contribution in [0.3, 0.4) is 0 Å². The number of phenolic OH excluding ortho intramolecular Hbond substituents is 2. The first-order valence-corrected chi connectivity index (χ1v) is 22.9. The van der Waals surface area contributed by atoms with Gasteiger partial charge >= 0.3 is 0 Å². The third-order valence-electron chi connectivity index (χ3n) is 13.8. The molecule has 10 aromatic rings. The molecule has 0 heterocycles. The summed E-state index contributed by atoms with van der Waals surface area (Å²) >= 11 is 0. The number of hydrogen-bond acceptors (Lipinski definition) is 4. The van der Waals surface area contributed by atoms with E-state index in [-0.39, 0.29) is 17.8 Å². The van der Waals surface area contributed by atoms with Gasteiger partial charge in [-0.15, -0.1) is 0 Å². The first-order valence-electron chi connectivity index (χ1n) is 22.9. The van der Waals surface area contributed by atoms with Gasteiger partial charge < -0.3 is 10.2 Å². The molecule has 1 saturated carbocycles. The topological polar surface area (TPSA) is 56.1 Å². The van der Waals surface area contributed by atoms with Crippen LogP contribution >= 0.6 is 0 Å². The van der Waals surface area contributed by atoms with E-state index in [2.05, 4.69) is 194 Å². The zero-order valence-electron chi connectivity index (χ0n) is 36.5. The Bertz CT molecular complexity index is 3410. The average Bonchev–Trinajstić information content (AvgIpc) is 3.36. The van der Waals surface area contributed by atoms with Crippen molar-refractivity contribution in [3.63, 3.8) is 0 Å².